The molecule has 2 rings (SSSR count). The van der Waals surface area contributed by atoms with Crippen molar-refractivity contribution in [1.29, 1.82) is 0 Å². The van der Waals surface area contributed by atoms with Gasteiger partial charge in [-0.25, -0.2) is 8.42 Å². The molecular weight excluding hydrogens is 294 g/mol. The SMILES string of the molecule is CN(C)C(=O)c1cccc2cc[n+](CCS(=O)(=O)[O-])nc12. The number of carbonyl (C=O) groups excluding carboxylic acids is 1. The molecule has 0 atom stereocenters. The fraction of sp³-hybridized carbons (Fsp3) is 0.308. The molecule has 0 saturated heterocycles. The molecular formula is C13H15N3O4S. The van der Waals surface area contributed by atoms with Gasteiger partial charge in [0.1, 0.15) is 10.1 Å². The van der Waals surface area contributed by atoms with Gasteiger partial charge in [0.25, 0.3) is 5.91 Å². The summed E-state index contributed by atoms with van der Waals surface area (Å²) in [7, 11) is -1.02. The molecule has 0 aliphatic rings. The number of aromatic nitrogens is 2. The zero-order chi connectivity index (χ0) is 15.6. The molecule has 1 amide bonds. The lowest BCUT2D eigenvalue weighted by molar-refractivity contribution is -0.747. The van der Waals surface area contributed by atoms with Crippen molar-refractivity contribution in [1.82, 2.24) is 10.00 Å². The first-order valence-corrected chi connectivity index (χ1v) is 7.80. The second kappa shape index (κ2) is 5.74. The van der Waals surface area contributed by atoms with Gasteiger partial charge in [0.15, 0.2) is 18.3 Å². The van der Waals surface area contributed by atoms with Crippen LogP contribution in [0, 0.1) is 0 Å². The van der Waals surface area contributed by atoms with Crippen LogP contribution in [-0.4, -0.2) is 48.7 Å². The molecule has 1 aromatic heterocycles. The highest BCUT2D eigenvalue weighted by atomic mass is 32.2. The highest BCUT2D eigenvalue weighted by Crippen LogP contribution is 2.15. The number of hydrogen-bond donors (Lipinski definition) is 0. The molecule has 2 aromatic rings. The van der Waals surface area contributed by atoms with Gasteiger partial charge in [-0.2, -0.15) is 0 Å². The highest BCUT2D eigenvalue weighted by molar-refractivity contribution is 7.85. The van der Waals surface area contributed by atoms with Gasteiger partial charge in [-0.1, -0.05) is 16.8 Å². The van der Waals surface area contributed by atoms with Gasteiger partial charge in [-0.15, -0.1) is 0 Å². The molecule has 0 saturated carbocycles. The van der Waals surface area contributed by atoms with Crippen LogP contribution in [0.25, 0.3) is 10.9 Å². The Morgan fingerprint density at radius 3 is 2.67 bits per heavy atom. The number of nitrogens with zero attached hydrogens (tertiary/aromatic N) is 3. The first kappa shape index (κ1) is 15.3. The molecule has 1 heterocycles. The third kappa shape index (κ3) is 3.73. The predicted molar refractivity (Wildman–Crippen MR) is 74.5 cm³/mol. The van der Waals surface area contributed by atoms with Crippen LogP contribution >= 0.6 is 0 Å². The molecule has 0 bridgehead atoms. The topological polar surface area (TPSA) is 94.3 Å². The third-order valence-corrected chi connectivity index (χ3v) is 3.61. The van der Waals surface area contributed by atoms with Crippen molar-refractivity contribution in [3.05, 3.63) is 36.0 Å². The van der Waals surface area contributed by atoms with Crippen LogP contribution in [-0.2, 0) is 16.7 Å². The van der Waals surface area contributed by atoms with Crippen LogP contribution in [0.15, 0.2) is 30.5 Å². The van der Waals surface area contributed by atoms with Crippen molar-refractivity contribution in [3.8, 4) is 0 Å². The zero-order valence-electron chi connectivity index (χ0n) is 11.7. The molecule has 0 unspecified atom stereocenters. The van der Waals surface area contributed by atoms with E-state index >= 15 is 0 Å². The molecule has 0 spiro atoms. The van der Waals surface area contributed by atoms with Gasteiger partial charge in [0.2, 0.25) is 0 Å². The van der Waals surface area contributed by atoms with Crippen molar-refractivity contribution >= 4 is 26.9 Å². The van der Waals surface area contributed by atoms with E-state index in [2.05, 4.69) is 5.10 Å². The van der Waals surface area contributed by atoms with Crippen LogP contribution in [0.1, 0.15) is 10.4 Å². The maximum Gasteiger partial charge on any atom is 0.255 e. The quantitative estimate of drug-likeness (QED) is 0.574. The Morgan fingerprint density at radius 1 is 1.33 bits per heavy atom. The number of benzene rings is 1. The van der Waals surface area contributed by atoms with Crippen LogP contribution < -0.4 is 4.68 Å². The maximum atomic E-state index is 12.1. The normalized spacial score (nSPS) is 11.6. The number of hydrogen-bond acceptors (Lipinski definition) is 5. The van der Waals surface area contributed by atoms with Gasteiger partial charge in [-0.3, -0.25) is 4.79 Å². The first-order chi connectivity index (χ1) is 9.78. The summed E-state index contributed by atoms with van der Waals surface area (Å²) in [6, 6.07) is 6.95. The van der Waals surface area contributed by atoms with E-state index < -0.39 is 15.9 Å². The average molecular weight is 309 g/mol. The van der Waals surface area contributed by atoms with Crippen LogP contribution in [0.3, 0.4) is 0 Å². The second-order valence-corrected chi connectivity index (χ2v) is 6.31. The minimum Gasteiger partial charge on any atom is -0.748 e. The molecule has 0 radical (unpaired) electrons. The Balaban J connectivity index is 2.45. The largest absolute Gasteiger partial charge is 0.748 e. The molecule has 21 heavy (non-hydrogen) atoms. The van der Waals surface area contributed by atoms with Crippen LogP contribution in [0.2, 0.25) is 0 Å². The van der Waals surface area contributed by atoms with Crippen molar-refractivity contribution in [2.45, 2.75) is 6.54 Å². The van der Waals surface area contributed by atoms with E-state index in [1.807, 2.05) is 6.07 Å². The minimum absolute atomic E-state index is 0.0493. The van der Waals surface area contributed by atoms with Gasteiger partial charge in [-0.05, 0) is 6.07 Å². The summed E-state index contributed by atoms with van der Waals surface area (Å²) in [6.45, 7) is -0.0493. The van der Waals surface area contributed by atoms with E-state index in [0.29, 0.717) is 11.1 Å². The Labute approximate surface area is 122 Å². The summed E-state index contributed by atoms with van der Waals surface area (Å²) < 4.78 is 33.4. The van der Waals surface area contributed by atoms with E-state index in [4.69, 9.17) is 0 Å². The van der Waals surface area contributed by atoms with Crippen molar-refractivity contribution in [3.63, 3.8) is 0 Å². The van der Waals surface area contributed by atoms with E-state index in [9.17, 15) is 17.8 Å². The number of amides is 1. The van der Waals surface area contributed by atoms with Gasteiger partial charge in [0.05, 0.1) is 11.3 Å². The fourth-order valence-corrected chi connectivity index (χ4v) is 2.29. The highest BCUT2D eigenvalue weighted by Gasteiger charge is 2.16. The standard InChI is InChI=1S/C13H15N3O4S/c1-15(2)13(17)11-5-3-4-10-6-7-16(14-12(10)11)8-9-21(18,19)20/h3-7H,8-9H2,1-2H3. The number of aryl methyl sites for hydroxylation is 1. The van der Waals surface area contributed by atoms with Gasteiger partial charge < -0.3 is 9.45 Å². The summed E-state index contributed by atoms with van der Waals surface area (Å²) in [6.07, 6.45) is 1.58. The summed E-state index contributed by atoms with van der Waals surface area (Å²) >= 11 is 0. The Hall–Kier alpha value is -2.06. The predicted octanol–water partition coefficient (Wildman–Crippen LogP) is -0.231. The lowest BCUT2D eigenvalue weighted by Crippen LogP contribution is -2.40. The van der Waals surface area contributed by atoms with Crippen molar-refractivity contribution in [2.75, 3.05) is 19.8 Å². The summed E-state index contributed by atoms with van der Waals surface area (Å²) in [4.78, 5) is 13.6. The monoisotopic (exact) mass is 309 g/mol. The van der Waals surface area contributed by atoms with Gasteiger partial charge in [0, 0.05) is 30.6 Å². The molecule has 1 aromatic carbocycles. The number of carbonyl (C=O) groups is 1. The second-order valence-electron chi connectivity index (χ2n) is 4.78. The summed E-state index contributed by atoms with van der Waals surface area (Å²) in [5.41, 5.74) is 0.902. The molecule has 112 valence electrons. The first-order valence-electron chi connectivity index (χ1n) is 6.22. The number of fused-ring (bicyclic) bond motifs is 1. The Bertz CT molecular complexity index is 787. The van der Waals surface area contributed by atoms with Crippen LogP contribution in [0.5, 0.6) is 0 Å². The fourth-order valence-electron chi connectivity index (χ4n) is 1.88. The molecule has 0 aliphatic carbocycles. The molecule has 7 nitrogen and oxygen atoms in total. The summed E-state index contributed by atoms with van der Waals surface area (Å²) in [5.74, 6) is -0.734. The Kier molecular flexibility index (Phi) is 4.19. The maximum absolute atomic E-state index is 12.1. The van der Waals surface area contributed by atoms with E-state index in [1.54, 1.807) is 38.5 Å². The van der Waals surface area contributed by atoms with E-state index in [0.717, 1.165) is 5.39 Å². The summed E-state index contributed by atoms with van der Waals surface area (Å²) in [5, 5.41) is 5.02. The zero-order valence-corrected chi connectivity index (χ0v) is 12.5. The lowest BCUT2D eigenvalue weighted by Gasteiger charge is -2.11. The lowest BCUT2D eigenvalue weighted by atomic mass is 10.1. The van der Waals surface area contributed by atoms with Crippen molar-refractivity contribution < 1.29 is 22.4 Å². The average Bonchev–Trinajstić information content (AvgIpc) is 2.42. The Morgan fingerprint density at radius 2 is 2.05 bits per heavy atom. The smallest absolute Gasteiger partial charge is 0.255 e. The molecule has 8 heteroatoms. The van der Waals surface area contributed by atoms with Gasteiger partial charge >= 0.3 is 0 Å². The van der Waals surface area contributed by atoms with Crippen LogP contribution in [0.4, 0.5) is 0 Å². The molecule has 0 fully saturated rings. The molecule has 0 N–H and O–H groups in total. The van der Waals surface area contributed by atoms with Crippen molar-refractivity contribution in [2.24, 2.45) is 0 Å². The number of rotatable bonds is 4. The third-order valence-electron chi connectivity index (χ3n) is 2.93. The molecule has 0 aliphatic heterocycles. The van der Waals surface area contributed by atoms with E-state index in [1.165, 1.54) is 9.58 Å². The minimum atomic E-state index is -4.30. The van der Waals surface area contributed by atoms with E-state index in [-0.39, 0.29) is 12.5 Å².